The van der Waals surface area contributed by atoms with Crippen molar-refractivity contribution in [2.75, 3.05) is 5.73 Å². The molecule has 1 nitrogen and oxygen atoms in total. The van der Waals surface area contributed by atoms with Gasteiger partial charge in [0.2, 0.25) is 0 Å². The fourth-order valence-electron chi connectivity index (χ4n) is 5.25. The molecule has 0 aromatic heterocycles. The maximum absolute atomic E-state index is 6.20. The number of hydrogen-bond acceptors (Lipinski definition) is 1. The van der Waals surface area contributed by atoms with Gasteiger partial charge in [0.1, 0.15) is 0 Å². The third-order valence-corrected chi connectivity index (χ3v) is 5.58. The molecule has 0 aliphatic heterocycles. The molecule has 4 fully saturated rings. The summed E-state index contributed by atoms with van der Waals surface area (Å²) in [6.45, 7) is 0. The van der Waals surface area contributed by atoms with Crippen molar-refractivity contribution >= 4 is 5.69 Å². The van der Waals surface area contributed by atoms with Crippen LogP contribution in [0.3, 0.4) is 0 Å². The van der Waals surface area contributed by atoms with Crippen LogP contribution >= 0.6 is 0 Å². The van der Waals surface area contributed by atoms with E-state index in [0.29, 0.717) is 0 Å². The molecule has 0 atom stereocenters. The minimum absolute atomic E-state index is 0.781. The van der Waals surface area contributed by atoms with Crippen molar-refractivity contribution < 1.29 is 0 Å². The molecule has 0 radical (unpaired) electrons. The van der Waals surface area contributed by atoms with E-state index in [1.165, 1.54) is 37.7 Å². The Balaban J connectivity index is 1.73. The molecule has 0 amide bonds. The normalized spacial score (nSPS) is 42.9. The number of rotatable bonds is 1. The zero-order chi connectivity index (χ0) is 11.4. The topological polar surface area (TPSA) is 26.0 Å². The molecule has 1 heteroatoms. The van der Waals surface area contributed by atoms with Crippen molar-refractivity contribution in [3.8, 4) is 0 Å². The highest BCUT2D eigenvalue weighted by Gasteiger charge is 2.48. The van der Waals surface area contributed by atoms with Crippen LogP contribution in [-0.4, -0.2) is 0 Å². The molecule has 4 bridgehead atoms. The van der Waals surface area contributed by atoms with Gasteiger partial charge in [-0.2, -0.15) is 0 Å². The molecule has 0 spiro atoms. The van der Waals surface area contributed by atoms with Gasteiger partial charge in [0.15, 0.2) is 0 Å². The van der Waals surface area contributed by atoms with Crippen molar-refractivity contribution in [3.63, 3.8) is 0 Å². The zero-order valence-corrected chi connectivity index (χ0v) is 10.3. The summed E-state index contributed by atoms with van der Waals surface area (Å²) in [6, 6.07) is 8.59. The van der Waals surface area contributed by atoms with Crippen molar-refractivity contribution in [2.45, 2.75) is 38.0 Å². The highest BCUT2D eigenvalue weighted by Crippen LogP contribution is 2.60. The van der Waals surface area contributed by atoms with Crippen molar-refractivity contribution in [3.05, 3.63) is 29.8 Å². The first-order valence-corrected chi connectivity index (χ1v) is 7.15. The van der Waals surface area contributed by atoms with Gasteiger partial charge in [-0.15, -0.1) is 0 Å². The van der Waals surface area contributed by atoms with E-state index >= 15 is 0 Å². The molecule has 4 aliphatic carbocycles. The monoisotopic (exact) mass is 227 g/mol. The number of anilines is 1. The van der Waals surface area contributed by atoms with E-state index in [1.807, 2.05) is 0 Å². The van der Waals surface area contributed by atoms with Gasteiger partial charge in [0.25, 0.3) is 0 Å². The molecule has 2 N–H and O–H groups in total. The number of hydrogen-bond donors (Lipinski definition) is 1. The Bertz CT molecular complexity index is 409. The Morgan fingerprint density at radius 3 is 2.00 bits per heavy atom. The Hall–Kier alpha value is -0.980. The van der Waals surface area contributed by atoms with Crippen LogP contribution in [0, 0.1) is 23.7 Å². The molecule has 4 aliphatic rings. The lowest BCUT2D eigenvalue weighted by Crippen LogP contribution is -2.43. The van der Waals surface area contributed by atoms with E-state index < -0.39 is 0 Å². The first-order chi connectivity index (χ1) is 8.31. The van der Waals surface area contributed by atoms with Gasteiger partial charge >= 0.3 is 0 Å². The molecule has 0 saturated heterocycles. The predicted octanol–water partition coefficient (Wildman–Crippen LogP) is 3.81. The van der Waals surface area contributed by atoms with Gasteiger partial charge in [-0.05, 0) is 73.3 Å². The van der Waals surface area contributed by atoms with Gasteiger partial charge in [-0.1, -0.05) is 18.2 Å². The van der Waals surface area contributed by atoms with Crippen molar-refractivity contribution in [2.24, 2.45) is 23.7 Å². The Labute approximate surface area is 103 Å². The highest BCUT2D eigenvalue weighted by atomic mass is 14.6. The van der Waals surface area contributed by atoms with E-state index in [1.54, 1.807) is 0 Å². The molecule has 5 rings (SSSR count). The van der Waals surface area contributed by atoms with Gasteiger partial charge in [0, 0.05) is 5.69 Å². The lowest BCUT2D eigenvalue weighted by atomic mass is 9.50. The van der Waals surface area contributed by atoms with Gasteiger partial charge in [-0.25, -0.2) is 0 Å². The summed E-state index contributed by atoms with van der Waals surface area (Å²) in [5, 5.41) is 0. The predicted molar refractivity (Wildman–Crippen MR) is 70.6 cm³/mol. The minimum Gasteiger partial charge on any atom is -0.398 e. The molecular formula is C16H21N. The molecule has 1 aromatic rings. The van der Waals surface area contributed by atoms with E-state index in [-0.39, 0.29) is 0 Å². The fraction of sp³-hybridized carbons (Fsp3) is 0.625. The van der Waals surface area contributed by atoms with Gasteiger partial charge in [0.05, 0.1) is 0 Å². The Kier molecular flexibility index (Phi) is 2.06. The molecule has 1 aromatic carbocycles. The highest BCUT2D eigenvalue weighted by molar-refractivity contribution is 5.49. The second-order valence-electron chi connectivity index (χ2n) is 6.59. The SMILES string of the molecule is Nc1ccccc1C1C2CC3CC(C2)CC1C3. The average molecular weight is 227 g/mol. The third kappa shape index (κ3) is 1.44. The van der Waals surface area contributed by atoms with Crippen LogP contribution in [0.25, 0.3) is 0 Å². The summed E-state index contributed by atoms with van der Waals surface area (Å²) in [5.41, 5.74) is 8.69. The number of para-hydroxylation sites is 1. The van der Waals surface area contributed by atoms with Crippen LogP contribution in [0.1, 0.15) is 43.6 Å². The molecule has 0 unspecified atom stereocenters. The van der Waals surface area contributed by atoms with Gasteiger partial charge < -0.3 is 5.73 Å². The summed E-state index contributed by atoms with van der Waals surface area (Å²) in [7, 11) is 0. The first-order valence-electron chi connectivity index (χ1n) is 7.15. The maximum atomic E-state index is 6.20. The summed E-state index contributed by atoms with van der Waals surface area (Å²) in [6.07, 6.45) is 7.44. The largest absolute Gasteiger partial charge is 0.398 e. The van der Waals surface area contributed by atoms with E-state index in [4.69, 9.17) is 5.73 Å². The fourth-order valence-corrected chi connectivity index (χ4v) is 5.25. The smallest absolute Gasteiger partial charge is 0.0349 e. The molecule has 90 valence electrons. The average Bonchev–Trinajstić information content (AvgIpc) is 2.30. The molecular weight excluding hydrogens is 206 g/mol. The summed E-state index contributed by atoms with van der Waals surface area (Å²) in [5.74, 6) is 4.77. The van der Waals surface area contributed by atoms with E-state index in [0.717, 1.165) is 35.3 Å². The first kappa shape index (κ1) is 9.99. The lowest BCUT2D eigenvalue weighted by Gasteiger charge is -2.54. The Morgan fingerprint density at radius 1 is 0.824 bits per heavy atom. The van der Waals surface area contributed by atoms with E-state index in [2.05, 4.69) is 24.3 Å². The third-order valence-electron chi connectivity index (χ3n) is 5.58. The maximum Gasteiger partial charge on any atom is 0.0349 e. The lowest BCUT2D eigenvalue weighted by molar-refractivity contribution is -0.00254. The molecule has 4 saturated carbocycles. The van der Waals surface area contributed by atoms with Crippen LogP contribution in [-0.2, 0) is 0 Å². The quantitative estimate of drug-likeness (QED) is 0.725. The zero-order valence-electron chi connectivity index (χ0n) is 10.3. The minimum atomic E-state index is 0.781. The second kappa shape index (κ2) is 3.51. The van der Waals surface area contributed by atoms with Crippen LogP contribution in [0.5, 0.6) is 0 Å². The molecule has 17 heavy (non-hydrogen) atoms. The Morgan fingerprint density at radius 2 is 1.41 bits per heavy atom. The van der Waals surface area contributed by atoms with Crippen molar-refractivity contribution in [1.29, 1.82) is 0 Å². The number of nitrogen functional groups attached to an aromatic ring is 1. The van der Waals surface area contributed by atoms with Crippen LogP contribution in [0.2, 0.25) is 0 Å². The van der Waals surface area contributed by atoms with Crippen LogP contribution in [0.4, 0.5) is 5.69 Å². The standard InChI is InChI=1S/C16H21N/c17-15-4-2-1-3-14(15)16-12-6-10-5-11(8-12)9-13(16)7-10/h1-4,10-13,16H,5-9,17H2. The van der Waals surface area contributed by atoms with Gasteiger partial charge in [-0.3, -0.25) is 0 Å². The number of nitrogens with two attached hydrogens (primary N) is 1. The van der Waals surface area contributed by atoms with E-state index in [9.17, 15) is 0 Å². The molecule has 0 heterocycles. The second-order valence-corrected chi connectivity index (χ2v) is 6.59. The summed E-state index contributed by atoms with van der Waals surface area (Å²) >= 11 is 0. The van der Waals surface area contributed by atoms with Crippen LogP contribution in [0.15, 0.2) is 24.3 Å². The van der Waals surface area contributed by atoms with Crippen molar-refractivity contribution in [1.82, 2.24) is 0 Å². The summed E-state index contributed by atoms with van der Waals surface area (Å²) < 4.78 is 0. The summed E-state index contributed by atoms with van der Waals surface area (Å²) in [4.78, 5) is 0. The van der Waals surface area contributed by atoms with Crippen LogP contribution < -0.4 is 5.73 Å². The number of benzene rings is 1.